The van der Waals surface area contributed by atoms with Gasteiger partial charge in [0.1, 0.15) is 16.8 Å². The van der Waals surface area contributed by atoms with Crippen molar-refractivity contribution in [3.05, 3.63) is 34.8 Å². The SMILES string of the molecule is COc1ccccc1C(=O)N1CCCC1C(=O)Nc1nnc(C)s1. The van der Waals surface area contributed by atoms with Gasteiger partial charge in [0.15, 0.2) is 0 Å². The van der Waals surface area contributed by atoms with E-state index in [1.807, 2.05) is 13.0 Å². The monoisotopic (exact) mass is 346 g/mol. The number of carbonyl (C=O) groups excluding carboxylic acids is 2. The van der Waals surface area contributed by atoms with Crippen molar-refractivity contribution in [2.45, 2.75) is 25.8 Å². The molecule has 1 N–H and O–H groups in total. The second-order valence-electron chi connectivity index (χ2n) is 5.47. The first-order valence-corrected chi connectivity index (χ1v) is 8.46. The summed E-state index contributed by atoms with van der Waals surface area (Å²) in [5.41, 5.74) is 0.464. The summed E-state index contributed by atoms with van der Waals surface area (Å²) in [6.45, 7) is 2.37. The van der Waals surface area contributed by atoms with Gasteiger partial charge in [0.25, 0.3) is 5.91 Å². The van der Waals surface area contributed by atoms with Crippen molar-refractivity contribution >= 4 is 28.3 Å². The topological polar surface area (TPSA) is 84.4 Å². The number of rotatable bonds is 4. The predicted molar refractivity (Wildman–Crippen MR) is 90.3 cm³/mol. The lowest BCUT2D eigenvalue weighted by molar-refractivity contribution is -0.119. The lowest BCUT2D eigenvalue weighted by Crippen LogP contribution is -2.43. The van der Waals surface area contributed by atoms with E-state index in [1.54, 1.807) is 23.1 Å². The van der Waals surface area contributed by atoms with Crippen LogP contribution in [-0.4, -0.2) is 46.6 Å². The molecular formula is C16H18N4O3S. The van der Waals surface area contributed by atoms with Crippen LogP contribution < -0.4 is 10.1 Å². The van der Waals surface area contributed by atoms with Gasteiger partial charge in [-0.1, -0.05) is 23.5 Å². The second-order valence-corrected chi connectivity index (χ2v) is 6.65. The number of aryl methyl sites for hydroxylation is 1. The van der Waals surface area contributed by atoms with E-state index in [0.717, 1.165) is 11.4 Å². The van der Waals surface area contributed by atoms with E-state index in [9.17, 15) is 9.59 Å². The molecule has 1 saturated heterocycles. The van der Waals surface area contributed by atoms with Gasteiger partial charge in [-0.15, -0.1) is 10.2 Å². The van der Waals surface area contributed by atoms with Gasteiger partial charge in [-0.25, -0.2) is 0 Å². The summed E-state index contributed by atoms with van der Waals surface area (Å²) in [6.07, 6.45) is 1.42. The van der Waals surface area contributed by atoms with Gasteiger partial charge in [0, 0.05) is 6.54 Å². The quantitative estimate of drug-likeness (QED) is 0.916. The van der Waals surface area contributed by atoms with Crippen LogP contribution >= 0.6 is 11.3 Å². The maximum absolute atomic E-state index is 12.8. The molecule has 1 aromatic heterocycles. The average molecular weight is 346 g/mol. The summed E-state index contributed by atoms with van der Waals surface area (Å²) in [7, 11) is 1.53. The molecule has 0 radical (unpaired) electrons. The van der Waals surface area contributed by atoms with E-state index in [0.29, 0.717) is 29.4 Å². The van der Waals surface area contributed by atoms with Crippen molar-refractivity contribution in [3.63, 3.8) is 0 Å². The van der Waals surface area contributed by atoms with Crippen LogP contribution in [0.1, 0.15) is 28.2 Å². The van der Waals surface area contributed by atoms with E-state index in [2.05, 4.69) is 15.5 Å². The number of amides is 2. The van der Waals surface area contributed by atoms with Crippen molar-refractivity contribution in [1.82, 2.24) is 15.1 Å². The maximum atomic E-state index is 12.8. The third-order valence-corrected chi connectivity index (χ3v) is 4.66. The number of aromatic nitrogens is 2. The minimum atomic E-state index is -0.508. The second kappa shape index (κ2) is 6.96. The number of nitrogens with one attached hydrogen (secondary N) is 1. The molecule has 1 aromatic carbocycles. The number of likely N-dealkylation sites (tertiary alicyclic amines) is 1. The van der Waals surface area contributed by atoms with E-state index in [-0.39, 0.29) is 11.8 Å². The van der Waals surface area contributed by atoms with Crippen LogP contribution in [0.15, 0.2) is 24.3 Å². The molecule has 8 heteroatoms. The van der Waals surface area contributed by atoms with Crippen molar-refractivity contribution < 1.29 is 14.3 Å². The Bertz CT molecular complexity index is 761. The number of hydrogen-bond donors (Lipinski definition) is 1. The third kappa shape index (κ3) is 3.23. The smallest absolute Gasteiger partial charge is 0.258 e. The van der Waals surface area contributed by atoms with Crippen LogP contribution in [0.3, 0.4) is 0 Å². The summed E-state index contributed by atoms with van der Waals surface area (Å²) in [4.78, 5) is 27.0. The number of para-hydroxylation sites is 1. The van der Waals surface area contributed by atoms with Gasteiger partial charge >= 0.3 is 0 Å². The highest BCUT2D eigenvalue weighted by atomic mass is 32.1. The number of ether oxygens (including phenoxy) is 1. The summed E-state index contributed by atoms with van der Waals surface area (Å²) < 4.78 is 5.26. The molecule has 126 valence electrons. The largest absolute Gasteiger partial charge is 0.496 e. The van der Waals surface area contributed by atoms with Crippen LogP contribution in [0.25, 0.3) is 0 Å². The molecule has 1 unspecified atom stereocenters. The first-order chi connectivity index (χ1) is 11.6. The van der Waals surface area contributed by atoms with Crippen LogP contribution in [0.5, 0.6) is 5.75 Å². The number of anilines is 1. The fourth-order valence-corrected chi connectivity index (χ4v) is 3.39. The van der Waals surface area contributed by atoms with Crippen molar-refractivity contribution in [3.8, 4) is 5.75 Å². The predicted octanol–water partition coefficient (Wildman–Crippen LogP) is 2.10. The Kier molecular flexibility index (Phi) is 4.75. The zero-order valence-corrected chi connectivity index (χ0v) is 14.3. The highest BCUT2D eigenvalue weighted by Crippen LogP contribution is 2.26. The van der Waals surface area contributed by atoms with Crippen molar-refractivity contribution in [2.24, 2.45) is 0 Å². The highest BCUT2D eigenvalue weighted by Gasteiger charge is 2.35. The summed E-state index contributed by atoms with van der Waals surface area (Å²) in [5, 5.41) is 11.8. The van der Waals surface area contributed by atoms with E-state index >= 15 is 0 Å². The van der Waals surface area contributed by atoms with Gasteiger partial charge in [0.2, 0.25) is 11.0 Å². The van der Waals surface area contributed by atoms with Crippen LogP contribution in [-0.2, 0) is 4.79 Å². The Morgan fingerprint density at radius 2 is 2.12 bits per heavy atom. The summed E-state index contributed by atoms with van der Waals surface area (Å²) in [6, 6.07) is 6.53. The maximum Gasteiger partial charge on any atom is 0.258 e. The molecule has 24 heavy (non-hydrogen) atoms. The van der Waals surface area contributed by atoms with Gasteiger partial charge in [0.05, 0.1) is 12.7 Å². The number of carbonyl (C=O) groups is 2. The molecule has 1 aliphatic heterocycles. The Morgan fingerprint density at radius 1 is 1.33 bits per heavy atom. The lowest BCUT2D eigenvalue weighted by atomic mass is 10.1. The average Bonchev–Trinajstić information content (AvgIpc) is 3.23. The van der Waals surface area contributed by atoms with Gasteiger partial charge in [-0.05, 0) is 31.9 Å². The Morgan fingerprint density at radius 3 is 2.83 bits per heavy atom. The molecule has 2 amide bonds. The molecule has 2 aromatic rings. The minimum Gasteiger partial charge on any atom is -0.496 e. The Labute approximate surface area is 143 Å². The zero-order valence-electron chi connectivity index (χ0n) is 13.5. The van der Waals surface area contributed by atoms with Gasteiger partial charge in [-0.2, -0.15) is 0 Å². The summed E-state index contributed by atoms with van der Waals surface area (Å²) >= 11 is 1.31. The molecule has 7 nitrogen and oxygen atoms in total. The van der Waals surface area contributed by atoms with Gasteiger partial charge < -0.3 is 9.64 Å². The molecular weight excluding hydrogens is 328 g/mol. The molecule has 2 heterocycles. The minimum absolute atomic E-state index is 0.196. The molecule has 0 saturated carbocycles. The van der Waals surface area contributed by atoms with Crippen molar-refractivity contribution in [1.29, 1.82) is 0 Å². The number of methoxy groups -OCH3 is 1. The Balaban J connectivity index is 1.77. The number of nitrogens with zero attached hydrogens (tertiary/aromatic N) is 3. The fourth-order valence-electron chi connectivity index (χ4n) is 2.79. The molecule has 0 spiro atoms. The van der Waals surface area contributed by atoms with Crippen molar-refractivity contribution in [2.75, 3.05) is 19.0 Å². The standard InChI is InChI=1S/C16H18N4O3S/c1-10-18-19-16(24-10)17-14(21)12-7-5-9-20(12)15(22)11-6-3-4-8-13(11)23-2/h3-4,6,8,12H,5,7,9H2,1-2H3,(H,17,19,21). The number of hydrogen-bond acceptors (Lipinski definition) is 6. The zero-order chi connectivity index (χ0) is 17.1. The number of benzene rings is 1. The Hall–Kier alpha value is -2.48. The molecule has 1 aliphatic rings. The van der Waals surface area contributed by atoms with E-state index < -0.39 is 6.04 Å². The van der Waals surface area contributed by atoms with E-state index in [4.69, 9.17) is 4.74 Å². The van der Waals surface area contributed by atoms with Crippen LogP contribution in [0.2, 0.25) is 0 Å². The molecule has 1 atom stereocenters. The molecule has 3 rings (SSSR count). The highest BCUT2D eigenvalue weighted by molar-refractivity contribution is 7.15. The molecule has 0 bridgehead atoms. The lowest BCUT2D eigenvalue weighted by Gasteiger charge is -2.24. The van der Waals surface area contributed by atoms with Crippen LogP contribution in [0, 0.1) is 6.92 Å². The molecule has 0 aliphatic carbocycles. The first-order valence-electron chi connectivity index (χ1n) is 7.65. The third-order valence-electron chi connectivity index (χ3n) is 3.91. The van der Waals surface area contributed by atoms with Gasteiger partial charge in [-0.3, -0.25) is 14.9 Å². The summed E-state index contributed by atoms with van der Waals surface area (Å²) in [5.74, 6) is 0.0822. The van der Waals surface area contributed by atoms with Crippen LogP contribution in [0.4, 0.5) is 5.13 Å². The van der Waals surface area contributed by atoms with E-state index in [1.165, 1.54) is 18.4 Å². The normalized spacial score (nSPS) is 16.9. The molecule has 1 fully saturated rings. The first kappa shape index (κ1) is 16.4. The fraction of sp³-hybridized carbons (Fsp3) is 0.375.